The lowest BCUT2D eigenvalue weighted by molar-refractivity contribution is 1.25. The minimum Gasteiger partial charge on any atom is -0.268 e. The van der Waals surface area contributed by atoms with Gasteiger partial charge in [-0.15, -0.1) is 6.58 Å². The van der Waals surface area contributed by atoms with Crippen LogP contribution in [0.15, 0.2) is 36.0 Å². The van der Waals surface area contributed by atoms with Crippen LogP contribution >= 0.6 is 23.2 Å². The van der Waals surface area contributed by atoms with Crippen LogP contribution < -0.4 is 0 Å². The molecule has 1 rings (SSSR count). The number of aliphatic imine (C=N–C) groups is 1. The average molecular weight is 215 g/mol. The molecule has 0 amide bonds. The lowest BCUT2D eigenvalue weighted by Crippen LogP contribution is -1.93. The molecule has 1 aromatic rings. The zero-order valence-corrected chi connectivity index (χ0v) is 8.39. The molecule has 0 spiro atoms. The van der Waals surface area contributed by atoms with Crippen molar-refractivity contribution in [1.82, 2.24) is 4.98 Å². The fourth-order valence-corrected chi connectivity index (χ4v) is 1.03. The third kappa shape index (κ3) is 3.17. The first-order valence-electron chi connectivity index (χ1n) is 3.67. The summed E-state index contributed by atoms with van der Waals surface area (Å²) >= 11 is 11.5. The second-order valence-corrected chi connectivity index (χ2v) is 3.04. The molecule has 0 atom stereocenters. The summed E-state index contributed by atoms with van der Waals surface area (Å²) in [7, 11) is 0. The standard InChI is InChI=1S/C9H8Cl2N2/c1-2-5-12-9(11)7-3-4-8(10)13-6-7/h2-4,6H,1,5H2/b12-9+. The molecule has 0 N–H and O–H groups in total. The predicted molar refractivity (Wildman–Crippen MR) is 56.7 cm³/mol. The van der Waals surface area contributed by atoms with Gasteiger partial charge in [0.1, 0.15) is 10.3 Å². The van der Waals surface area contributed by atoms with Crippen molar-refractivity contribution in [3.05, 3.63) is 41.7 Å². The molecular weight excluding hydrogens is 207 g/mol. The van der Waals surface area contributed by atoms with Crippen molar-refractivity contribution in [2.75, 3.05) is 6.54 Å². The van der Waals surface area contributed by atoms with Crippen molar-refractivity contribution < 1.29 is 0 Å². The van der Waals surface area contributed by atoms with E-state index in [2.05, 4.69) is 16.6 Å². The van der Waals surface area contributed by atoms with Crippen LogP contribution in [-0.4, -0.2) is 16.7 Å². The molecule has 0 saturated carbocycles. The fraction of sp³-hybridized carbons (Fsp3) is 0.111. The Bertz CT molecular complexity index is 317. The molecule has 1 heterocycles. The van der Waals surface area contributed by atoms with E-state index in [1.807, 2.05) is 0 Å². The van der Waals surface area contributed by atoms with Crippen LogP contribution in [0.25, 0.3) is 0 Å². The summed E-state index contributed by atoms with van der Waals surface area (Å²) in [6.45, 7) is 4.04. The Morgan fingerprint density at radius 2 is 2.38 bits per heavy atom. The van der Waals surface area contributed by atoms with Crippen molar-refractivity contribution >= 4 is 28.4 Å². The zero-order chi connectivity index (χ0) is 9.68. The smallest absolute Gasteiger partial charge is 0.132 e. The number of hydrogen-bond donors (Lipinski definition) is 0. The van der Waals surface area contributed by atoms with Crippen LogP contribution in [0, 0.1) is 0 Å². The Labute approximate surface area is 86.9 Å². The Balaban J connectivity index is 2.82. The predicted octanol–water partition coefficient (Wildman–Crippen LogP) is 2.91. The maximum atomic E-state index is 5.86. The largest absolute Gasteiger partial charge is 0.268 e. The van der Waals surface area contributed by atoms with E-state index in [1.54, 1.807) is 24.4 Å². The van der Waals surface area contributed by atoms with Gasteiger partial charge in [0.25, 0.3) is 0 Å². The van der Waals surface area contributed by atoms with Gasteiger partial charge in [0.15, 0.2) is 0 Å². The summed E-state index contributed by atoms with van der Waals surface area (Å²) in [5.41, 5.74) is 0.757. The van der Waals surface area contributed by atoms with Gasteiger partial charge in [-0.1, -0.05) is 29.3 Å². The molecule has 0 aliphatic heterocycles. The van der Waals surface area contributed by atoms with Gasteiger partial charge in [-0.2, -0.15) is 0 Å². The number of pyridine rings is 1. The normalized spacial score (nSPS) is 11.4. The van der Waals surface area contributed by atoms with Crippen molar-refractivity contribution in [2.24, 2.45) is 4.99 Å². The Kier molecular flexibility index (Phi) is 3.93. The molecule has 68 valence electrons. The maximum absolute atomic E-state index is 5.86. The van der Waals surface area contributed by atoms with E-state index in [9.17, 15) is 0 Å². The van der Waals surface area contributed by atoms with Crippen LogP contribution in [0.4, 0.5) is 0 Å². The Morgan fingerprint density at radius 1 is 1.62 bits per heavy atom. The van der Waals surface area contributed by atoms with E-state index >= 15 is 0 Å². The van der Waals surface area contributed by atoms with Crippen molar-refractivity contribution in [1.29, 1.82) is 0 Å². The van der Waals surface area contributed by atoms with Crippen molar-refractivity contribution in [3.8, 4) is 0 Å². The van der Waals surface area contributed by atoms with Gasteiger partial charge in [0, 0.05) is 11.8 Å². The highest BCUT2D eigenvalue weighted by Gasteiger charge is 1.98. The molecule has 0 bridgehead atoms. The number of halogens is 2. The summed E-state index contributed by atoms with van der Waals surface area (Å²) in [6, 6.07) is 3.44. The lowest BCUT2D eigenvalue weighted by Gasteiger charge is -1.96. The van der Waals surface area contributed by atoms with E-state index in [4.69, 9.17) is 23.2 Å². The molecule has 0 aliphatic rings. The second kappa shape index (κ2) is 5.00. The molecular formula is C9H8Cl2N2. The van der Waals surface area contributed by atoms with Crippen molar-refractivity contribution in [3.63, 3.8) is 0 Å². The summed E-state index contributed by atoms with van der Waals surface area (Å²) in [5.74, 6) is 0. The molecule has 2 nitrogen and oxygen atoms in total. The quantitative estimate of drug-likeness (QED) is 0.432. The average Bonchev–Trinajstić information content (AvgIpc) is 2.15. The molecule has 0 saturated heterocycles. The van der Waals surface area contributed by atoms with Gasteiger partial charge in [0.2, 0.25) is 0 Å². The highest BCUT2D eigenvalue weighted by molar-refractivity contribution is 6.69. The number of nitrogens with zero attached hydrogens (tertiary/aromatic N) is 2. The third-order valence-electron chi connectivity index (χ3n) is 1.32. The molecule has 13 heavy (non-hydrogen) atoms. The molecule has 0 aromatic carbocycles. The molecule has 1 aromatic heterocycles. The number of aromatic nitrogens is 1. The van der Waals surface area contributed by atoms with Gasteiger partial charge in [0.05, 0.1) is 6.54 Å². The minimum atomic E-state index is 0.420. The fourth-order valence-electron chi connectivity index (χ4n) is 0.734. The first-order valence-corrected chi connectivity index (χ1v) is 4.42. The minimum absolute atomic E-state index is 0.420. The highest BCUT2D eigenvalue weighted by Crippen LogP contribution is 2.08. The monoisotopic (exact) mass is 214 g/mol. The molecule has 0 unspecified atom stereocenters. The van der Waals surface area contributed by atoms with E-state index in [1.165, 1.54) is 0 Å². The van der Waals surface area contributed by atoms with Crippen LogP contribution in [0.5, 0.6) is 0 Å². The van der Waals surface area contributed by atoms with Crippen molar-refractivity contribution in [2.45, 2.75) is 0 Å². The maximum Gasteiger partial charge on any atom is 0.132 e. The Morgan fingerprint density at radius 3 is 2.92 bits per heavy atom. The van der Waals surface area contributed by atoms with Crippen LogP contribution in [0.3, 0.4) is 0 Å². The van der Waals surface area contributed by atoms with E-state index in [0.29, 0.717) is 16.9 Å². The van der Waals surface area contributed by atoms with Gasteiger partial charge in [-0.3, -0.25) is 4.99 Å². The van der Waals surface area contributed by atoms with E-state index in [0.717, 1.165) is 5.56 Å². The van der Waals surface area contributed by atoms with Gasteiger partial charge in [-0.05, 0) is 12.1 Å². The SMILES string of the molecule is C=CC/N=C(/Cl)c1ccc(Cl)nc1. The van der Waals surface area contributed by atoms with Crippen LogP contribution in [0.1, 0.15) is 5.56 Å². The highest BCUT2D eigenvalue weighted by atomic mass is 35.5. The van der Waals surface area contributed by atoms with E-state index in [-0.39, 0.29) is 0 Å². The van der Waals surface area contributed by atoms with Gasteiger partial charge in [-0.25, -0.2) is 4.98 Å². The summed E-state index contributed by atoms with van der Waals surface area (Å²) in [4.78, 5) is 7.91. The molecule has 0 radical (unpaired) electrons. The molecule has 0 aliphatic carbocycles. The first kappa shape index (κ1) is 10.2. The van der Waals surface area contributed by atoms with Crippen LogP contribution in [0.2, 0.25) is 5.15 Å². The Hall–Kier alpha value is -0.860. The van der Waals surface area contributed by atoms with E-state index < -0.39 is 0 Å². The third-order valence-corrected chi connectivity index (χ3v) is 1.89. The summed E-state index contributed by atoms with van der Waals surface area (Å²) in [5, 5.41) is 0.862. The van der Waals surface area contributed by atoms with Gasteiger partial charge >= 0.3 is 0 Å². The lowest BCUT2D eigenvalue weighted by atomic mass is 10.3. The topological polar surface area (TPSA) is 25.2 Å². The molecule has 0 fully saturated rings. The van der Waals surface area contributed by atoms with Gasteiger partial charge < -0.3 is 0 Å². The summed E-state index contributed by atoms with van der Waals surface area (Å²) < 4.78 is 0. The number of rotatable bonds is 3. The first-order chi connectivity index (χ1) is 6.24. The summed E-state index contributed by atoms with van der Waals surface area (Å²) in [6.07, 6.45) is 3.25. The second-order valence-electron chi connectivity index (χ2n) is 2.29. The number of hydrogen-bond acceptors (Lipinski definition) is 2. The molecule has 4 heteroatoms. The van der Waals surface area contributed by atoms with Crippen LogP contribution in [-0.2, 0) is 0 Å². The zero-order valence-electron chi connectivity index (χ0n) is 6.87.